The highest BCUT2D eigenvalue weighted by molar-refractivity contribution is 5.93. The van der Waals surface area contributed by atoms with E-state index in [4.69, 9.17) is 9.84 Å². The zero-order valence-electron chi connectivity index (χ0n) is 14.7. The van der Waals surface area contributed by atoms with Gasteiger partial charge in [-0.25, -0.2) is 4.79 Å². The number of nitrogens with one attached hydrogen (secondary N) is 2. The summed E-state index contributed by atoms with van der Waals surface area (Å²) in [6.07, 6.45) is 1.72. The molecule has 3 atom stereocenters. The Kier molecular flexibility index (Phi) is 6.00. The van der Waals surface area contributed by atoms with E-state index in [0.717, 1.165) is 4.57 Å². The molecule has 10 heteroatoms. The smallest absolute Gasteiger partial charge is 0.330 e. The van der Waals surface area contributed by atoms with Crippen molar-refractivity contribution in [2.45, 2.75) is 24.9 Å². The van der Waals surface area contributed by atoms with E-state index in [9.17, 15) is 19.5 Å². The number of rotatable bonds is 4. The van der Waals surface area contributed by atoms with E-state index in [1.165, 1.54) is 12.4 Å². The number of aliphatic hydroxyl groups is 2. The molecule has 0 radical (unpaired) electrons. The summed E-state index contributed by atoms with van der Waals surface area (Å²) in [7, 11) is 0. The summed E-state index contributed by atoms with van der Waals surface area (Å²) in [5, 5.41) is 21.5. The van der Waals surface area contributed by atoms with Gasteiger partial charge in [0.15, 0.2) is 0 Å². The lowest BCUT2D eigenvalue weighted by Crippen LogP contribution is -2.33. The number of ether oxygens (including phenoxy) is 1. The minimum atomic E-state index is -0.925. The fourth-order valence-corrected chi connectivity index (χ4v) is 2.70. The van der Waals surface area contributed by atoms with Gasteiger partial charge in [-0.1, -0.05) is 11.8 Å². The number of carbonyl (C=O) groups excluding carboxylic acids is 1. The molecule has 1 amide bonds. The number of aromatic nitrogens is 3. The maximum atomic E-state index is 12.0. The molecular formula is C18H18N4O6. The van der Waals surface area contributed by atoms with Gasteiger partial charge in [0.2, 0.25) is 0 Å². The Bertz CT molecular complexity index is 1020. The number of aromatic amines is 1. The lowest BCUT2D eigenvalue weighted by Gasteiger charge is -2.14. The SMILES string of the molecule is O=C(NCC#Cc1cn([C@H]2C[C@H](O)[C@@H](CO)O2)c(=O)[nH]c1=O)c1cccnc1. The molecule has 0 saturated carbocycles. The highest BCUT2D eigenvalue weighted by Gasteiger charge is 2.35. The van der Waals surface area contributed by atoms with Crippen molar-refractivity contribution >= 4 is 5.91 Å². The van der Waals surface area contributed by atoms with Crippen LogP contribution in [0.4, 0.5) is 0 Å². The second kappa shape index (κ2) is 8.62. The van der Waals surface area contributed by atoms with Gasteiger partial charge in [-0.3, -0.25) is 24.1 Å². The minimum absolute atomic E-state index is 0.000708. The molecule has 3 heterocycles. The maximum Gasteiger partial charge on any atom is 0.330 e. The van der Waals surface area contributed by atoms with Gasteiger partial charge in [0, 0.05) is 25.0 Å². The van der Waals surface area contributed by atoms with Crippen LogP contribution in [0, 0.1) is 11.8 Å². The minimum Gasteiger partial charge on any atom is -0.394 e. The Morgan fingerprint density at radius 3 is 2.96 bits per heavy atom. The normalized spacial score (nSPS) is 21.0. The summed E-state index contributed by atoms with van der Waals surface area (Å²) in [4.78, 5) is 41.8. The fourth-order valence-electron chi connectivity index (χ4n) is 2.70. The topological polar surface area (TPSA) is 147 Å². The maximum absolute atomic E-state index is 12.0. The molecule has 0 aromatic carbocycles. The number of nitrogens with zero attached hydrogens (tertiary/aromatic N) is 2. The number of H-pyrrole nitrogens is 1. The van der Waals surface area contributed by atoms with E-state index < -0.39 is 29.7 Å². The molecule has 1 aliphatic heterocycles. The summed E-state index contributed by atoms with van der Waals surface area (Å²) in [6, 6.07) is 3.23. The third-order valence-corrected chi connectivity index (χ3v) is 4.15. The molecule has 1 saturated heterocycles. The predicted molar refractivity (Wildman–Crippen MR) is 96.4 cm³/mol. The van der Waals surface area contributed by atoms with Gasteiger partial charge in [0.05, 0.1) is 24.8 Å². The molecule has 0 spiro atoms. The lowest BCUT2D eigenvalue weighted by atomic mass is 10.2. The zero-order valence-corrected chi connectivity index (χ0v) is 14.7. The molecule has 0 bridgehead atoms. The Hall–Kier alpha value is -3.26. The van der Waals surface area contributed by atoms with Crippen LogP contribution in [-0.2, 0) is 4.74 Å². The molecule has 1 fully saturated rings. The number of carbonyl (C=O) groups is 1. The summed E-state index contributed by atoms with van der Waals surface area (Å²) in [6.45, 7) is -0.406. The van der Waals surface area contributed by atoms with Crippen LogP contribution in [0.1, 0.15) is 28.6 Å². The van der Waals surface area contributed by atoms with Crippen molar-refractivity contribution in [1.82, 2.24) is 19.9 Å². The van der Waals surface area contributed by atoms with Gasteiger partial charge in [-0.2, -0.15) is 0 Å². The van der Waals surface area contributed by atoms with Crippen LogP contribution in [0.15, 0.2) is 40.3 Å². The average Bonchev–Trinajstić information content (AvgIpc) is 3.07. The third-order valence-electron chi connectivity index (χ3n) is 4.15. The molecule has 2 aromatic rings. The van der Waals surface area contributed by atoms with E-state index in [-0.39, 0.29) is 31.0 Å². The van der Waals surface area contributed by atoms with Gasteiger partial charge in [0.25, 0.3) is 11.5 Å². The fraction of sp³-hybridized carbons (Fsp3) is 0.333. The first kappa shape index (κ1) is 19.5. The largest absolute Gasteiger partial charge is 0.394 e. The van der Waals surface area contributed by atoms with Crippen molar-refractivity contribution in [1.29, 1.82) is 0 Å². The molecule has 4 N–H and O–H groups in total. The van der Waals surface area contributed by atoms with Crippen LogP contribution in [0.2, 0.25) is 0 Å². The summed E-state index contributed by atoms with van der Waals surface area (Å²) >= 11 is 0. The van der Waals surface area contributed by atoms with E-state index >= 15 is 0 Å². The van der Waals surface area contributed by atoms with Crippen LogP contribution >= 0.6 is 0 Å². The van der Waals surface area contributed by atoms with Crippen LogP contribution < -0.4 is 16.6 Å². The van der Waals surface area contributed by atoms with Crippen molar-refractivity contribution in [3.63, 3.8) is 0 Å². The molecule has 1 aliphatic rings. The number of hydrogen-bond acceptors (Lipinski definition) is 7. The molecule has 2 aromatic heterocycles. The number of hydrogen-bond donors (Lipinski definition) is 4. The van der Waals surface area contributed by atoms with Crippen LogP contribution in [-0.4, -0.2) is 56.0 Å². The first-order valence-electron chi connectivity index (χ1n) is 8.46. The standard InChI is InChI=1S/C18H18N4O6/c23-10-14-13(24)7-15(28-14)22-9-12(17(26)21-18(22)27)4-2-6-20-16(25)11-3-1-5-19-8-11/h1,3,5,8-9,13-15,23-24H,6-7,10H2,(H,20,25)(H,21,26,27)/t13-,14+,15+/m0/s1. The molecule has 0 aliphatic carbocycles. The Labute approximate surface area is 158 Å². The Balaban J connectivity index is 1.72. The third kappa shape index (κ3) is 4.34. The summed E-state index contributed by atoms with van der Waals surface area (Å²) in [5.41, 5.74) is -1.01. The van der Waals surface area contributed by atoms with Gasteiger partial charge in [-0.15, -0.1) is 0 Å². The molecule has 0 unspecified atom stereocenters. The Morgan fingerprint density at radius 1 is 1.46 bits per heavy atom. The van der Waals surface area contributed by atoms with Crippen LogP contribution in [0.5, 0.6) is 0 Å². The van der Waals surface area contributed by atoms with Crippen molar-refractivity contribution in [2.75, 3.05) is 13.2 Å². The Morgan fingerprint density at radius 2 is 2.29 bits per heavy atom. The second-order valence-corrected chi connectivity index (χ2v) is 6.05. The van der Waals surface area contributed by atoms with E-state index in [2.05, 4.69) is 27.1 Å². The lowest BCUT2D eigenvalue weighted by molar-refractivity contribution is -0.0459. The van der Waals surface area contributed by atoms with E-state index in [1.54, 1.807) is 18.3 Å². The first-order valence-corrected chi connectivity index (χ1v) is 8.46. The summed E-state index contributed by atoms with van der Waals surface area (Å²) < 4.78 is 6.53. The monoisotopic (exact) mass is 386 g/mol. The van der Waals surface area contributed by atoms with E-state index in [0.29, 0.717) is 5.56 Å². The molecule has 28 heavy (non-hydrogen) atoms. The first-order chi connectivity index (χ1) is 13.5. The van der Waals surface area contributed by atoms with Crippen molar-refractivity contribution in [2.24, 2.45) is 0 Å². The average molecular weight is 386 g/mol. The van der Waals surface area contributed by atoms with Gasteiger partial charge >= 0.3 is 5.69 Å². The number of amides is 1. The molecule has 3 rings (SSSR count). The quantitative estimate of drug-likeness (QED) is 0.461. The van der Waals surface area contributed by atoms with Gasteiger partial charge in [0.1, 0.15) is 17.9 Å². The van der Waals surface area contributed by atoms with Crippen molar-refractivity contribution < 1.29 is 19.7 Å². The van der Waals surface area contributed by atoms with Gasteiger partial charge in [-0.05, 0) is 12.1 Å². The van der Waals surface area contributed by atoms with Crippen LogP contribution in [0.25, 0.3) is 0 Å². The number of aliphatic hydroxyl groups excluding tert-OH is 2. The highest BCUT2D eigenvalue weighted by atomic mass is 16.5. The van der Waals surface area contributed by atoms with Crippen molar-refractivity contribution in [3.8, 4) is 11.8 Å². The van der Waals surface area contributed by atoms with Gasteiger partial charge < -0.3 is 20.3 Å². The molecular weight excluding hydrogens is 368 g/mol. The second-order valence-electron chi connectivity index (χ2n) is 6.05. The predicted octanol–water partition coefficient (Wildman–Crippen LogP) is -1.65. The molecule has 10 nitrogen and oxygen atoms in total. The molecule has 146 valence electrons. The summed E-state index contributed by atoms with van der Waals surface area (Å²) in [5.74, 6) is 4.88. The van der Waals surface area contributed by atoms with Crippen LogP contribution in [0.3, 0.4) is 0 Å². The van der Waals surface area contributed by atoms with E-state index in [1.807, 2.05) is 0 Å². The van der Waals surface area contributed by atoms with Crippen molar-refractivity contribution in [3.05, 3.63) is 62.7 Å². The highest BCUT2D eigenvalue weighted by Crippen LogP contribution is 2.27. The zero-order chi connectivity index (χ0) is 20.1. The number of pyridine rings is 1.